The topological polar surface area (TPSA) is 55.4 Å². The van der Waals surface area contributed by atoms with Crippen molar-refractivity contribution in [2.45, 2.75) is 40.5 Å². The highest BCUT2D eigenvalue weighted by molar-refractivity contribution is 6.29. The molecule has 1 aliphatic rings. The van der Waals surface area contributed by atoms with E-state index < -0.39 is 0 Å². The molecule has 1 aromatic rings. The Morgan fingerprint density at radius 3 is 2.24 bits per heavy atom. The maximum atomic E-state index is 12.2. The maximum absolute atomic E-state index is 12.2. The number of hydrogen-bond acceptors (Lipinski definition) is 3. The first-order chi connectivity index (χ1) is 10.0. The van der Waals surface area contributed by atoms with Crippen LogP contribution in [0.15, 0.2) is 40.5 Å². The second-order valence-corrected chi connectivity index (χ2v) is 5.28. The van der Waals surface area contributed by atoms with E-state index in [-0.39, 0.29) is 5.78 Å². The zero-order valence-electron chi connectivity index (χ0n) is 13.7. The zero-order valence-corrected chi connectivity index (χ0v) is 13.7. The van der Waals surface area contributed by atoms with Crippen LogP contribution < -0.4 is 5.73 Å². The van der Waals surface area contributed by atoms with E-state index in [4.69, 9.17) is 5.73 Å². The highest BCUT2D eigenvalue weighted by atomic mass is 16.1. The molecular weight excluding hydrogens is 260 g/mol. The zero-order chi connectivity index (χ0) is 16.0. The molecule has 2 rings (SSSR count). The molecule has 0 aliphatic heterocycles. The van der Waals surface area contributed by atoms with Crippen molar-refractivity contribution in [2.24, 2.45) is 16.6 Å². The second kappa shape index (κ2) is 7.77. The van der Waals surface area contributed by atoms with Gasteiger partial charge in [0.2, 0.25) is 0 Å². The summed E-state index contributed by atoms with van der Waals surface area (Å²) in [7, 11) is 1.71. The van der Waals surface area contributed by atoms with E-state index >= 15 is 0 Å². The van der Waals surface area contributed by atoms with E-state index in [1.807, 2.05) is 45.0 Å². The number of ketones is 1. The first kappa shape index (κ1) is 17.2. The Morgan fingerprint density at radius 2 is 1.76 bits per heavy atom. The Morgan fingerprint density at radius 1 is 1.19 bits per heavy atom. The Hall–Kier alpha value is -1.90. The van der Waals surface area contributed by atoms with Gasteiger partial charge in [0.25, 0.3) is 0 Å². The summed E-state index contributed by atoms with van der Waals surface area (Å²) in [4.78, 5) is 16.5. The monoisotopic (exact) mass is 286 g/mol. The summed E-state index contributed by atoms with van der Waals surface area (Å²) in [6.07, 6.45) is 1.33. The Kier molecular flexibility index (Phi) is 6.35. The van der Waals surface area contributed by atoms with Crippen molar-refractivity contribution in [3.8, 4) is 0 Å². The van der Waals surface area contributed by atoms with Gasteiger partial charge in [-0.3, -0.25) is 9.79 Å². The largest absolute Gasteiger partial charge is 0.401 e. The summed E-state index contributed by atoms with van der Waals surface area (Å²) in [6.45, 7) is 8.09. The van der Waals surface area contributed by atoms with Crippen molar-refractivity contribution >= 4 is 11.5 Å². The molecule has 21 heavy (non-hydrogen) atoms. The van der Waals surface area contributed by atoms with Gasteiger partial charge in [-0.05, 0) is 19.3 Å². The van der Waals surface area contributed by atoms with Gasteiger partial charge in [0.05, 0.1) is 11.3 Å². The predicted octanol–water partition coefficient (Wildman–Crippen LogP) is 3.65. The molecule has 1 unspecified atom stereocenters. The van der Waals surface area contributed by atoms with Gasteiger partial charge >= 0.3 is 0 Å². The lowest BCUT2D eigenvalue weighted by atomic mass is 9.83. The molecule has 0 saturated carbocycles. The molecule has 0 fully saturated rings. The van der Waals surface area contributed by atoms with E-state index in [2.05, 4.69) is 11.9 Å². The number of nitrogens with zero attached hydrogens (tertiary/aromatic N) is 1. The normalized spacial score (nSPS) is 19.2. The third-order valence-corrected chi connectivity index (χ3v) is 3.49. The van der Waals surface area contributed by atoms with Crippen LogP contribution >= 0.6 is 0 Å². The SMILES string of the molecule is CC.CN=C(C1=C(N)CC(C)CC1=O)c1ccc(C)cc1. The number of benzene rings is 1. The first-order valence-electron chi connectivity index (χ1n) is 7.59. The standard InChI is InChI=1S/C16H20N2O.C2H6/c1-10-4-6-12(7-5-10)16(18-3)15-13(17)8-11(2)9-14(15)19;1-2/h4-7,11H,8-9,17H2,1-3H3;1-2H3. The fraction of sp³-hybridized carbons (Fsp3) is 0.444. The Balaban J connectivity index is 0.00000106. The molecule has 1 aromatic carbocycles. The molecule has 0 spiro atoms. The molecule has 114 valence electrons. The number of aryl methyl sites for hydroxylation is 1. The van der Waals surface area contributed by atoms with Crippen LogP contribution in [-0.2, 0) is 4.79 Å². The van der Waals surface area contributed by atoms with Gasteiger partial charge in [0.15, 0.2) is 5.78 Å². The average molecular weight is 286 g/mol. The van der Waals surface area contributed by atoms with Crippen LogP contribution in [0.4, 0.5) is 0 Å². The molecule has 2 N–H and O–H groups in total. The molecule has 0 amide bonds. The van der Waals surface area contributed by atoms with Crippen molar-refractivity contribution < 1.29 is 4.79 Å². The van der Waals surface area contributed by atoms with Crippen molar-refractivity contribution in [2.75, 3.05) is 7.05 Å². The van der Waals surface area contributed by atoms with Crippen molar-refractivity contribution in [1.29, 1.82) is 0 Å². The predicted molar refractivity (Wildman–Crippen MR) is 89.6 cm³/mol. The van der Waals surface area contributed by atoms with E-state index in [1.165, 1.54) is 5.56 Å². The number of carbonyl (C=O) groups excluding carboxylic acids is 1. The number of allylic oxidation sites excluding steroid dienone is 2. The van der Waals surface area contributed by atoms with Gasteiger partial charge < -0.3 is 5.73 Å². The minimum atomic E-state index is 0.109. The molecular formula is C18H26N2O. The smallest absolute Gasteiger partial charge is 0.167 e. The van der Waals surface area contributed by atoms with Gasteiger partial charge in [-0.2, -0.15) is 0 Å². The minimum Gasteiger partial charge on any atom is -0.401 e. The summed E-state index contributed by atoms with van der Waals surface area (Å²) in [5, 5.41) is 0. The Bertz CT molecular complexity index is 553. The fourth-order valence-corrected chi connectivity index (χ4v) is 2.53. The number of aliphatic imine (C=N–C) groups is 1. The van der Waals surface area contributed by atoms with Crippen LogP contribution in [0.25, 0.3) is 0 Å². The summed E-state index contributed by atoms with van der Waals surface area (Å²) in [5.41, 5.74) is 10.2. The highest BCUT2D eigenvalue weighted by Crippen LogP contribution is 2.26. The molecule has 0 radical (unpaired) electrons. The molecule has 1 aliphatic carbocycles. The highest BCUT2D eigenvalue weighted by Gasteiger charge is 2.27. The lowest BCUT2D eigenvalue weighted by Gasteiger charge is -2.22. The molecule has 1 atom stereocenters. The second-order valence-electron chi connectivity index (χ2n) is 5.28. The quantitative estimate of drug-likeness (QED) is 0.844. The summed E-state index contributed by atoms with van der Waals surface area (Å²) < 4.78 is 0. The molecule has 0 saturated heterocycles. The van der Waals surface area contributed by atoms with Crippen LogP contribution in [0.3, 0.4) is 0 Å². The molecule has 0 heterocycles. The van der Waals surface area contributed by atoms with E-state index in [1.54, 1.807) is 7.05 Å². The summed E-state index contributed by atoms with van der Waals surface area (Å²) in [6, 6.07) is 8.02. The van der Waals surface area contributed by atoms with Gasteiger partial charge in [-0.1, -0.05) is 50.6 Å². The fourth-order valence-electron chi connectivity index (χ4n) is 2.53. The van der Waals surface area contributed by atoms with Gasteiger partial charge in [-0.15, -0.1) is 0 Å². The molecule has 0 aromatic heterocycles. The van der Waals surface area contributed by atoms with E-state index in [0.29, 0.717) is 23.6 Å². The van der Waals surface area contributed by atoms with Crippen molar-refractivity contribution in [3.63, 3.8) is 0 Å². The molecule has 0 bridgehead atoms. The third-order valence-electron chi connectivity index (χ3n) is 3.49. The lowest BCUT2D eigenvalue weighted by Crippen LogP contribution is -2.27. The average Bonchev–Trinajstić information content (AvgIpc) is 2.46. The number of carbonyl (C=O) groups is 1. The maximum Gasteiger partial charge on any atom is 0.167 e. The van der Waals surface area contributed by atoms with Crippen LogP contribution in [0.1, 0.15) is 44.7 Å². The van der Waals surface area contributed by atoms with Crippen LogP contribution in [0.2, 0.25) is 0 Å². The number of rotatable bonds is 2. The van der Waals surface area contributed by atoms with Gasteiger partial charge in [0, 0.05) is 24.7 Å². The number of Topliss-reactive ketones (excluding diaryl/α,β-unsaturated/α-hetero) is 1. The molecule has 3 heteroatoms. The minimum absolute atomic E-state index is 0.109. The van der Waals surface area contributed by atoms with Gasteiger partial charge in [-0.25, -0.2) is 0 Å². The van der Waals surface area contributed by atoms with Crippen LogP contribution in [0, 0.1) is 12.8 Å². The lowest BCUT2D eigenvalue weighted by molar-refractivity contribution is -0.116. The van der Waals surface area contributed by atoms with Crippen molar-refractivity contribution in [1.82, 2.24) is 0 Å². The van der Waals surface area contributed by atoms with Crippen LogP contribution in [0.5, 0.6) is 0 Å². The molecule has 3 nitrogen and oxygen atoms in total. The Labute approximate surface area is 128 Å². The summed E-state index contributed by atoms with van der Waals surface area (Å²) in [5.74, 6) is 0.435. The number of hydrogen-bond donors (Lipinski definition) is 1. The van der Waals surface area contributed by atoms with Crippen molar-refractivity contribution in [3.05, 3.63) is 46.7 Å². The first-order valence-corrected chi connectivity index (χ1v) is 7.59. The van der Waals surface area contributed by atoms with E-state index in [9.17, 15) is 4.79 Å². The van der Waals surface area contributed by atoms with Gasteiger partial charge in [0.1, 0.15) is 0 Å². The van der Waals surface area contributed by atoms with Crippen LogP contribution in [-0.4, -0.2) is 18.5 Å². The summed E-state index contributed by atoms with van der Waals surface area (Å²) >= 11 is 0. The third kappa shape index (κ3) is 4.03. The van der Waals surface area contributed by atoms with E-state index in [0.717, 1.165) is 17.7 Å². The number of nitrogens with two attached hydrogens (primary N) is 1.